The van der Waals surface area contributed by atoms with Crippen LogP contribution in [-0.2, 0) is 0 Å². The number of aryl methyl sites for hydroxylation is 1. The van der Waals surface area contributed by atoms with Gasteiger partial charge in [-0.25, -0.2) is 4.39 Å². The summed E-state index contributed by atoms with van der Waals surface area (Å²) in [7, 11) is 4.74. The van der Waals surface area contributed by atoms with Crippen molar-refractivity contribution in [2.75, 3.05) is 34.4 Å². The lowest BCUT2D eigenvalue weighted by atomic mass is 9.96. The van der Waals surface area contributed by atoms with Crippen LogP contribution in [0.5, 0.6) is 17.2 Å². The summed E-state index contributed by atoms with van der Waals surface area (Å²) in [4.78, 5) is 15.1. The third-order valence-corrected chi connectivity index (χ3v) is 6.12. The first kappa shape index (κ1) is 23.6. The quantitative estimate of drug-likeness (QED) is 0.464. The number of benzene rings is 2. The minimum absolute atomic E-state index is 0.0466. The monoisotopic (exact) mass is 486 g/mol. The molecule has 0 radical (unpaired) electrons. The zero-order chi connectivity index (χ0) is 24.4. The number of hydrogen-bond acceptors (Lipinski definition) is 6. The number of carbonyl (C=O) groups excluding carboxylic acids is 1. The van der Waals surface area contributed by atoms with Crippen molar-refractivity contribution in [1.82, 2.24) is 10.1 Å². The van der Waals surface area contributed by atoms with Gasteiger partial charge in [-0.1, -0.05) is 28.9 Å². The summed E-state index contributed by atoms with van der Waals surface area (Å²) in [6.07, 6.45) is 2.51. The number of aromatic nitrogens is 1. The second kappa shape index (κ2) is 9.77. The molecular formula is C25H24ClFN2O5. The molecule has 1 aromatic heterocycles. The van der Waals surface area contributed by atoms with Crippen LogP contribution in [0.15, 0.2) is 40.9 Å². The molecule has 2 aromatic carbocycles. The molecule has 0 fully saturated rings. The summed E-state index contributed by atoms with van der Waals surface area (Å²) in [6.45, 7) is 2.39. The topological polar surface area (TPSA) is 74.0 Å². The molecule has 0 saturated carbocycles. The first-order chi connectivity index (χ1) is 16.4. The summed E-state index contributed by atoms with van der Waals surface area (Å²) in [5.41, 5.74) is 2.14. The van der Waals surface area contributed by atoms with E-state index in [-0.39, 0.29) is 27.8 Å². The van der Waals surface area contributed by atoms with Crippen molar-refractivity contribution in [2.45, 2.75) is 13.3 Å². The highest BCUT2D eigenvalue weighted by Gasteiger charge is 2.30. The second-order valence-electron chi connectivity index (χ2n) is 7.70. The predicted molar refractivity (Wildman–Crippen MR) is 126 cm³/mol. The summed E-state index contributed by atoms with van der Waals surface area (Å²) < 4.78 is 36.3. The number of methoxy groups -OCH3 is 3. The zero-order valence-corrected chi connectivity index (χ0v) is 20.0. The maximum Gasteiger partial charge on any atom is 0.260 e. The number of halogens is 2. The van der Waals surface area contributed by atoms with Gasteiger partial charge in [0.15, 0.2) is 0 Å². The molecule has 0 spiro atoms. The Labute approximate surface area is 201 Å². The van der Waals surface area contributed by atoms with Crippen molar-refractivity contribution in [3.63, 3.8) is 0 Å². The number of rotatable bonds is 6. The fraction of sp³-hybridized carbons (Fsp3) is 0.280. The molecule has 0 unspecified atom stereocenters. The van der Waals surface area contributed by atoms with Gasteiger partial charge in [0.1, 0.15) is 40.1 Å². The molecule has 0 saturated heterocycles. The van der Waals surface area contributed by atoms with Gasteiger partial charge in [0.05, 0.1) is 37.5 Å². The molecule has 1 amide bonds. The molecule has 0 aliphatic carbocycles. The Morgan fingerprint density at radius 3 is 2.38 bits per heavy atom. The van der Waals surface area contributed by atoms with Gasteiger partial charge in [-0.15, -0.1) is 0 Å². The number of nitrogens with zero attached hydrogens (tertiary/aromatic N) is 2. The molecule has 1 aliphatic rings. The highest BCUT2D eigenvalue weighted by molar-refractivity contribution is 6.33. The largest absolute Gasteiger partial charge is 0.496 e. The minimum Gasteiger partial charge on any atom is -0.496 e. The zero-order valence-electron chi connectivity index (χ0n) is 19.3. The van der Waals surface area contributed by atoms with E-state index in [4.69, 9.17) is 30.3 Å². The van der Waals surface area contributed by atoms with E-state index in [9.17, 15) is 9.18 Å². The molecule has 178 valence electrons. The van der Waals surface area contributed by atoms with E-state index in [1.54, 1.807) is 51.4 Å². The smallest absolute Gasteiger partial charge is 0.260 e. The molecule has 3 aromatic rings. The van der Waals surface area contributed by atoms with Crippen molar-refractivity contribution >= 4 is 23.1 Å². The number of hydrogen-bond donors (Lipinski definition) is 0. The van der Waals surface area contributed by atoms with Gasteiger partial charge in [-0.3, -0.25) is 4.79 Å². The molecule has 1 aliphatic heterocycles. The number of ether oxygens (including phenoxy) is 3. The predicted octanol–water partition coefficient (Wildman–Crippen LogP) is 5.40. The first-order valence-electron chi connectivity index (χ1n) is 10.6. The molecular weight excluding hydrogens is 463 g/mol. The standard InChI is InChI=1S/C25H24ClFN2O5/c1-14-21(24(28-34-14)23-17(26)6-5-7-18(23)27)25(30)29-10-8-15(9-11-29)22-19(32-3)12-16(31-2)13-20(22)33-4/h5-8,12-13H,9-11H2,1-4H3. The minimum atomic E-state index is -0.575. The van der Waals surface area contributed by atoms with Gasteiger partial charge in [0.2, 0.25) is 0 Å². The van der Waals surface area contributed by atoms with E-state index >= 15 is 0 Å². The SMILES string of the molecule is COc1cc(OC)c(C2=CCN(C(=O)c3c(-c4c(F)cccc4Cl)noc3C)CC2)c(OC)c1. The van der Waals surface area contributed by atoms with E-state index in [2.05, 4.69) is 5.16 Å². The van der Waals surface area contributed by atoms with Crippen LogP contribution in [-0.4, -0.2) is 50.4 Å². The van der Waals surface area contributed by atoms with Gasteiger partial charge in [-0.05, 0) is 31.1 Å². The van der Waals surface area contributed by atoms with Crippen LogP contribution >= 0.6 is 11.6 Å². The molecule has 34 heavy (non-hydrogen) atoms. The van der Waals surface area contributed by atoms with Crippen molar-refractivity contribution in [1.29, 1.82) is 0 Å². The molecule has 4 rings (SSSR count). The maximum atomic E-state index is 14.5. The average molecular weight is 487 g/mol. The van der Waals surface area contributed by atoms with Crippen LogP contribution < -0.4 is 14.2 Å². The Hall–Kier alpha value is -3.52. The van der Waals surface area contributed by atoms with Crippen molar-refractivity contribution < 1.29 is 27.9 Å². The molecule has 0 atom stereocenters. The van der Waals surface area contributed by atoms with Gasteiger partial charge in [0.25, 0.3) is 5.91 Å². The Balaban J connectivity index is 1.65. The molecule has 7 nitrogen and oxygen atoms in total. The van der Waals surface area contributed by atoms with E-state index in [0.29, 0.717) is 42.5 Å². The van der Waals surface area contributed by atoms with Gasteiger partial charge >= 0.3 is 0 Å². The molecule has 2 heterocycles. The van der Waals surface area contributed by atoms with Crippen LogP contribution in [0, 0.1) is 12.7 Å². The average Bonchev–Trinajstić information content (AvgIpc) is 3.23. The summed E-state index contributed by atoms with van der Waals surface area (Å²) >= 11 is 6.21. The molecule has 0 N–H and O–H groups in total. The second-order valence-corrected chi connectivity index (χ2v) is 8.10. The summed E-state index contributed by atoms with van der Waals surface area (Å²) in [6, 6.07) is 7.89. The van der Waals surface area contributed by atoms with Gasteiger partial charge < -0.3 is 23.6 Å². The third-order valence-electron chi connectivity index (χ3n) is 5.81. The fourth-order valence-corrected chi connectivity index (χ4v) is 4.33. The maximum absolute atomic E-state index is 14.5. The van der Waals surface area contributed by atoms with Gasteiger partial charge in [0, 0.05) is 25.2 Å². The van der Waals surface area contributed by atoms with Crippen LogP contribution in [0.2, 0.25) is 5.02 Å². The highest BCUT2D eigenvalue weighted by Crippen LogP contribution is 2.41. The van der Waals surface area contributed by atoms with Gasteiger partial charge in [-0.2, -0.15) is 0 Å². The lowest BCUT2D eigenvalue weighted by Gasteiger charge is -2.28. The van der Waals surface area contributed by atoms with Crippen LogP contribution in [0.1, 0.15) is 28.1 Å². The van der Waals surface area contributed by atoms with Crippen LogP contribution in [0.25, 0.3) is 16.8 Å². The van der Waals surface area contributed by atoms with Crippen molar-refractivity contribution in [3.8, 4) is 28.5 Å². The summed E-state index contributed by atoms with van der Waals surface area (Å²) in [5.74, 6) is 1.27. The molecule has 0 bridgehead atoms. The summed E-state index contributed by atoms with van der Waals surface area (Å²) in [5, 5.41) is 4.09. The van der Waals surface area contributed by atoms with Crippen LogP contribution in [0.4, 0.5) is 4.39 Å². The Kier molecular flexibility index (Phi) is 6.79. The van der Waals surface area contributed by atoms with E-state index in [1.807, 2.05) is 6.08 Å². The van der Waals surface area contributed by atoms with E-state index < -0.39 is 5.82 Å². The Morgan fingerprint density at radius 1 is 1.12 bits per heavy atom. The lowest BCUT2D eigenvalue weighted by Crippen LogP contribution is -2.35. The normalized spacial score (nSPS) is 13.5. The fourth-order valence-electron chi connectivity index (χ4n) is 4.08. The Bertz CT molecular complexity index is 1220. The number of carbonyl (C=O) groups is 1. The van der Waals surface area contributed by atoms with Crippen LogP contribution in [0.3, 0.4) is 0 Å². The lowest BCUT2D eigenvalue weighted by molar-refractivity contribution is 0.0771. The van der Waals surface area contributed by atoms with E-state index in [1.165, 1.54) is 12.1 Å². The number of amides is 1. The van der Waals surface area contributed by atoms with Crippen molar-refractivity contribution in [3.05, 3.63) is 64.1 Å². The third kappa shape index (κ3) is 4.21. The Morgan fingerprint density at radius 2 is 1.82 bits per heavy atom. The molecule has 9 heteroatoms. The van der Waals surface area contributed by atoms with E-state index in [0.717, 1.165) is 11.1 Å². The highest BCUT2D eigenvalue weighted by atomic mass is 35.5. The first-order valence-corrected chi connectivity index (χ1v) is 11.0. The van der Waals surface area contributed by atoms with Crippen molar-refractivity contribution in [2.24, 2.45) is 0 Å².